The van der Waals surface area contributed by atoms with Gasteiger partial charge in [-0.2, -0.15) is 13.2 Å². The molecular formula is C12H16F3N3. The zero-order valence-electron chi connectivity index (χ0n) is 9.93. The maximum Gasteiger partial charge on any atom is 0.433 e. The first-order valence-electron chi connectivity index (χ1n) is 6.04. The van der Waals surface area contributed by atoms with Crippen LogP contribution in [0.2, 0.25) is 0 Å². The lowest BCUT2D eigenvalue weighted by atomic mass is 10.1. The largest absolute Gasteiger partial charge is 0.433 e. The number of anilines is 1. The van der Waals surface area contributed by atoms with E-state index >= 15 is 0 Å². The number of alkyl halides is 3. The second-order valence-electron chi connectivity index (χ2n) is 4.48. The third-order valence-electron chi connectivity index (χ3n) is 3.06. The van der Waals surface area contributed by atoms with Crippen LogP contribution in [-0.4, -0.2) is 24.6 Å². The standard InChI is InChI=1S/C12H16F3N3/c13-12(14,15)10-2-1-3-11(18-10)17-7-5-9-4-6-16-8-9/h1-3,9,16H,4-8H2,(H,17,18). The van der Waals surface area contributed by atoms with Crippen LogP contribution in [0.25, 0.3) is 0 Å². The van der Waals surface area contributed by atoms with Crippen LogP contribution in [0.3, 0.4) is 0 Å². The van der Waals surface area contributed by atoms with Gasteiger partial charge in [-0.3, -0.25) is 0 Å². The Balaban J connectivity index is 1.85. The fourth-order valence-electron chi connectivity index (χ4n) is 2.06. The van der Waals surface area contributed by atoms with Gasteiger partial charge in [0.25, 0.3) is 0 Å². The van der Waals surface area contributed by atoms with Gasteiger partial charge >= 0.3 is 6.18 Å². The SMILES string of the molecule is FC(F)(F)c1cccc(NCCC2CCNC2)n1. The van der Waals surface area contributed by atoms with Crippen LogP contribution < -0.4 is 10.6 Å². The molecule has 0 spiro atoms. The topological polar surface area (TPSA) is 37.0 Å². The highest BCUT2D eigenvalue weighted by Gasteiger charge is 2.32. The monoisotopic (exact) mass is 259 g/mol. The van der Waals surface area contributed by atoms with Crippen molar-refractivity contribution in [2.24, 2.45) is 5.92 Å². The second kappa shape index (κ2) is 5.56. The minimum atomic E-state index is -4.38. The van der Waals surface area contributed by atoms with Crippen molar-refractivity contribution in [3.63, 3.8) is 0 Å². The molecule has 0 bridgehead atoms. The molecule has 1 aliphatic rings. The van der Waals surface area contributed by atoms with Gasteiger partial charge in [0.05, 0.1) is 0 Å². The Morgan fingerprint density at radius 3 is 2.89 bits per heavy atom. The smallest absolute Gasteiger partial charge is 0.370 e. The molecule has 2 rings (SSSR count). The molecule has 0 saturated carbocycles. The highest BCUT2D eigenvalue weighted by Crippen LogP contribution is 2.28. The van der Waals surface area contributed by atoms with Gasteiger partial charge in [-0.25, -0.2) is 4.98 Å². The molecule has 1 aromatic rings. The number of hydrogen-bond donors (Lipinski definition) is 2. The molecule has 1 aromatic heterocycles. The average molecular weight is 259 g/mol. The fraction of sp³-hybridized carbons (Fsp3) is 0.583. The molecule has 100 valence electrons. The molecule has 0 radical (unpaired) electrons. The molecule has 2 N–H and O–H groups in total. The summed E-state index contributed by atoms with van der Waals surface area (Å²) in [6, 6.07) is 3.91. The molecule has 0 aliphatic carbocycles. The molecule has 0 amide bonds. The molecule has 1 atom stereocenters. The number of hydrogen-bond acceptors (Lipinski definition) is 3. The van der Waals surface area contributed by atoms with E-state index in [1.807, 2.05) is 0 Å². The number of nitrogens with one attached hydrogen (secondary N) is 2. The van der Waals surface area contributed by atoms with Crippen molar-refractivity contribution in [1.82, 2.24) is 10.3 Å². The molecule has 1 unspecified atom stereocenters. The summed E-state index contributed by atoms with van der Waals surface area (Å²) in [6.07, 6.45) is -2.30. The normalized spacial score (nSPS) is 20.1. The van der Waals surface area contributed by atoms with Crippen molar-refractivity contribution in [3.8, 4) is 0 Å². The Hall–Kier alpha value is -1.30. The van der Waals surface area contributed by atoms with E-state index in [0.717, 1.165) is 32.0 Å². The van der Waals surface area contributed by atoms with Gasteiger partial charge in [0, 0.05) is 6.54 Å². The summed E-state index contributed by atoms with van der Waals surface area (Å²) in [5.41, 5.74) is -0.852. The summed E-state index contributed by atoms with van der Waals surface area (Å²) >= 11 is 0. The molecule has 1 saturated heterocycles. The summed E-state index contributed by atoms with van der Waals surface area (Å²) in [6.45, 7) is 2.69. The van der Waals surface area contributed by atoms with E-state index in [9.17, 15) is 13.2 Å². The Labute approximate surface area is 104 Å². The predicted molar refractivity (Wildman–Crippen MR) is 63.3 cm³/mol. The molecule has 18 heavy (non-hydrogen) atoms. The Morgan fingerprint density at radius 1 is 1.39 bits per heavy atom. The zero-order valence-corrected chi connectivity index (χ0v) is 9.93. The van der Waals surface area contributed by atoms with Gasteiger partial charge in [0.2, 0.25) is 0 Å². The Kier molecular flexibility index (Phi) is 4.06. The number of halogens is 3. The van der Waals surface area contributed by atoms with Crippen molar-refractivity contribution in [2.75, 3.05) is 25.0 Å². The van der Waals surface area contributed by atoms with Crippen LogP contribution in [0, 0.1) is 5.92 Å². The first-order chi connectivity index (χ1) is 8.55. The van der Waals surface area contributed by atoms with E-state index in [1.165, 1.54) is 6.07 Å². The lowest BCUT2D eigenvalue weighted by Gasteiger charge is -2.11. The summed E-state index contributed by atoms with van der Waals surface area (Å²) in [5.74, 6) is 0.902. The van der Waals surface area contributed by atoms with Crippen LogP contribution in [0.5, 0.6) is 0 Å². The van der Waals surface area contributed by atoms with Gasteiger partial charge in [0.15, 0.2) is 0 Å². The van der Waals surface area contributed by atoms with E-state index in [1.54, 1.807) is 6.07 Å². The minimum absolute atomic E-state index is 0.288. The van der Waals surface area contributed by atoms with Crippen molar-refractivity contribution in [3.05, 3.63) is 23.9 Å². The van der Waals surface area contributed by atoms with Crippen molar-refractivity contribution >= 4 is 5.82 Å². The van der Waals surface area contributed by atoms with Gasteiger partial charge in [-0.1, -0.05) is 6.07 Å². The molecule has 1 aliphatic heterocycles. The minimum Gasteiger partial charge on any atom is -0.370 e. The second-order valence-corrected chi connectivity index (χ2v) is 4.48. The molecular weight excluding hydrogens is 243 g/mol. The zero-order chi connectivity index (χ0) is 13.0. The van der Waals surface area contributed by atoms with E-state index in [-0.39, 0.29) is 5.82 Å². The summed E-state index contributed by atoms with van der Waals surface area (Å²) in [5, 5.41) is 6.20. The lowest BCUT2D eigenvalue weighted by Crippen LogP contribution is -2.14. The van der Waals surface area contributed by atoms with Gasteiger partial charge in [0.1, 0.15) is 11.5 Å². The van der Waals surface area contributed by atoms with Crippen molar-refractivity contribution in [2.45, 2.75) is 19.0 Å². The number of nitrogens with zero attached hydrogens (tertiary/aromatic N) is 1. The van der Waals surface area contributed by atoms with Crippen LogP contribution in [0.4, 0.5) is 19.0 Å². The number of pyridine rings is 1. The first-order valence-corrected chi connectivity index (χ1v) is 6.04. The van der Waals surface area contributed by atoms with Gasteiger partial charge in [-0.15, -0.1) is 0 Å². The molecule has 2 heterocycles. The highest BCUT2D eigenvalue weighted by atomic mass is 19.4. The van der Waals surface area contributed by atoms with Gasteiger partial charge in [-0.05, 0) is 44.0 Å². The van der Waals surface area contributed by atoms with Gasteiger partial charge < -0.3 is 10.6 Å². The van der Waals surface area contributed by atoms with E-state index in [2.05, 4.69) is 15.6 Å². The quantitative estimate of drug-likeness (QED) is 0.872. The third kappa shape index (κ3) is 3.60. The third-order valence-corrected chi connectivity index (χ3v) is 3.06. The fourth-order valence-corrected chi connectivity index (χ4v) is 2.06. The molecule has 3 nitrogen and oxygen atoms in total. The first kappa shape index (κ1) is 13.1. The Bertz CT molecular complexity index is 386. The van der Waals surface area contributed by atoms with Crippen LogP contribution in [0.1, 0.15) is 18.5 Å². The summed E-state index contributed by atoms with van der Waals surface area (Å²) < 4.78 is 37.3. The Morgan fingerprint density at radius 2 is 2.22 bits per heavy atom. The summed E-state index contributed by atoms with van der Waals surface area (Å²) in [7, 11) is 0. The molecule has 1 fully saturated rings. The van der Waals surface area contributed by atoms with E-state index < -0.39 is 11.9 Å². The van der Waals surface area contributed by atoms with Crippen LogP contribution >= 0.6 is 0 Å². The average Bonchev–Trinajstić information content (AvgIpc) is 2.81. The number of aromatic nitrogens is 1. The maximum absolute atomic E-state index is 12.4. The number of rotatable bonds is 4. The van der Waals surface area contributed by atoms with Crippen LogP contribution in [0.15, 0.2) is 18.2 Å². The molecule has 6 heteroatoms. The van der Waals surface area contributed by atoms with Crippen LogP contribution in [-0.2, 0) is 6.18 Å². The van der Waals surface area contributed by atoms with E-state index in [4.69, 9.17) is 0 Å². The highest BCUT2D eigenvalue weighted by molar-refractivity contribution is 5.35. The van der Waals surface area contributed by atoms with E-state index in [0.29, 0.717) is 12.5 Å². The predicted octanol–water partition coefficient (Wildman–Crippen LogP) is 2.51. The maximum atomic E-state index is 12.4. The van der Waals surface area contributed by atoms with Crippen molar-refractivity contribution < 1.29 is 13.2 Å². The van der Waals surface area contributed by atoms with Crippen molar-refractivity contribution in [1.29, 1.82) is 0 Å². The molecule has 0 aromatic carbocycles. The summed E-state index contributed by atoms with van der Waals surface area (Å²) in [4.78, 5) is 3.56. The lowest BCUT2D eigenvalue weighted by molar-refractivity contribution is -0.141.